The number of pyridine rings is 1. The summed E-state index contributed by atoms with van der Waals surface area (Å²) in [5.74, 6) is -0.125. The van der Waals surface area contributed by atoms with Gasteiger partial charge in [0.15, 0.2) is 0 Å². The molecule has 2 aromatic heterocycles. The normalized spacial score (nSPS) is 21.2. The first-order valence-corrected chi connectivity index (χ1v) is 12.7. The number of aromatic nitrogens is 3. The quantitative estimate of drug-likeness (QED) is 0.455. The number of carbonyl (C=O) groups is 2. The molecule has 1 aromatic carbocycles. The zero-order valence-corrected chi connectivity index (χ0v) is 21.0. The first kappa shape index (κ1) is 24.8. The Morgan fingerprint density at radius 1 is 1.08 bits per heavy atom. The maximum atomic E-state index is 13.0. The first-order valence-electron chi connectivity index (χ1n) is 12.7. The highest BCUT2D eigenvalue weighted by Gasteiger charge is 2.32. The summed E-state index contributed by atoms with van der Waals surface area (Å²) in [4.78, 5) is 31.8. The van der Waals surface area contributed by atoms with Crippen LogP contribution >= 0.6 is 0 Å². The Labute approximate surface area is 216 Å². The Bertz CT molecular complexity index is 1250. The van der Waals surface area contributed by atoms with Crippen LogP contribution in [0, 0.1) is 0 Å². The second kappa shape index (κ2) is 11.0. The fourth-order valence-corrected chi connectivity index (χ4v) is 4.99. The van der Waals surface area contributed by atoms with E-state index in [1.807, 2.05) is 31.4 Å². The van der Waals surface area contributed by atoms with Crippen molar-refractivity contribution < 1.29 is 14.3 Å². The second-order valence-electron chi connectivity index (χ2n) is 9.84. The first-order chi connectivity index (χ1) is 17.9. The molecule has 3 atom stereocenters. The fraction of sp³-hybridized carbons (Fsp3) is 0.407. The molecule has 4 N–H and O–H groups in total. The van der Waals surface area contributed by atoms with Crippen molar-refractivity contribution in [1.29, 1.82) is 0 Å². The number of carbonyl (C=O) groups excluding carboxylic acids is 2. The van der Waals surface area contributed by atoms with Gasteiger partial charge in [0, 0.05) is 55.7 Å². The summed E-state index contributed by atoms with van der Waals surface area (Å²) < 4.78 is 7.73. The van der Waals surface area contributed by atoms with Gasteiger partial charge < -0.3 is 26.0 Å². The van der Waals surface area contributed by atoms with Crippen LogP contribution in [0.3, 0.4) is 0 Å². The SMILES string of the molecule is Cn1cc(-c2cnc(N)c(C(=O)N[C@@H]3CCN(C(=O)NC4CCC(OCc5ccccc5)C4)C3)c2)cn1. The van der Waals surface area contributed by atoms with Crippen molar-refractivity contribution in [3.63, 3.8) is 0 Å². The molecule has 0 bridgehead atoms. The van der Waals surface area contributed by atoms with Gasteiger partial charge in [0.1, 0.15) is 5.82 Å². The van der Waals surface area contributed by atoms with Crippen molar-refractivity contribution in [3.05, 3.63) is 66.1 Å². The average molecular weight is 504 g/mol. The number of hydrogen-bond donors (Lipinski definition) is 3. The molecule has 37 heavy (non-hydrogen) atoms. The molecule has 2 fully saturated rings. The lowest BCUT2D eigenvalue weighted by atomic mass is 10.1. The molecule has 1 saturated heterocycles. The molecule has 1 saturated carbocycles. The van der Waals surface area contributed by atoms with E-state index < -0.39 is 0 Å². The third-order valence-electron chi connectivity index (χ3n) is 7.05. The smallest absolute Gasteiger partial charge is 0.317 e. The molecule has 194 valence electrons. The van der Waals surface area contributed by atoms with Crippen LogP contribution in [0.5, 0.6) is 0 Å². The van der Waals surface area contributed by atoms with Gasteiger partial charge in [-0.3, -0.25) is 9.48 Å². The van der Waals surface area contributed by atoms with Crippen LogP contribution in [0.1, 0.15) is 41.6 Å². The van der Waals surface area contributed by atoms with Crippen LogP contribution in [0.25, 0.3) is 11.1 Å². The van der Waals surface area contributed by atoms with E-state index in [4.69, 9.17) is 10.5 Å². The summed E-state index contributed by atoms with van der Waals surface area (Å²) in [5.41, 5.74) is 9.09. The lowest BCUT2D eigenvalue weighted by molar-refractivity contribution is 0.0442. The molecule has 5 rings (SSSR count). The summed E-state index contributed by atoms with van der Waals surface area (Å²) in [6.45, 7) is 1.62. The zero-order valence-electron chi connectivity index (χ0n) is 21.0. The van der Waals surface area contributed by atoms with E-state index in [9.17, 15) is 9.59 Å². The van der Waals surface area contributed by atoms with Crippen LogP contribution in [0.4, 0.5) is 10.6 Å². The van der Waals surface area contributed by atoms with Crippen molar-refractivity contribution in [3.8, 4) is 11.1 Å². The van der Waals surface area contributed by atoms with Gasteiger partial charge in [-0.25, -0.2) is 9.78 Å². The van der Waals surface area contributed by atoms with Crippen molar-refractivity contribution in [2.24, 2.45) is 7.05 Å². The number of rotatable bonds is 7. The van der Waals surface area contributed by atoms with Gasteiger partial charge in [-0.1, -0.05) is 30.3 Å². The van der Waals surface area contributed by atoms with E-state index in [2.05, 4.69) is 32.8 Å². The molecule has 10 heteroatoms. The Morgan fingerprint density at radius 2 is 1.92 bits per heavy atom. The minimum absolute atomic E-state index is 0.0924. The third kappa shape index (κ3) is 6.08. The number of nitrogen functional groups attached to an aromatic ring is 1. The van der Waals surface area contributed by atoms with E-state index in [0.29, 0.717) is 31.7 Å². The number of likely N-dealkylation sites (tertiary alicyclic amines) is 1. The van der Waals surface area contributed by atoms with Crippen molar-refractivity contribution in [2.75, 3.05) is 18.8 Å². The highest BCUT2D eigenvalue weighted by Crippen LogP contribution is 2.24. The minimum Gasteiger partial charge on any atom is -0.383 e. The third-order valence-corrected chi connectivity index (χ3v) is 7.05. The second-order valence-corrected chi connectivity index (χ2v) is 9.84. The van der Waals surface area contributed by atoms with Gasteiger partial charge in [-0.15, -0.1) is 0 Å². The number of ether oxygens (including phenoxy) is 1. The number of aryl methyl sites for hydroxylation is 1. The summed E-state index contributed by atoms with van der Waals surface area (Å²) in [5, 5.41) is 10.3. The molecule has 10 nitrogen and oxygen atoms in total. The van der Waals surface area contributed by atoms with Gasteiger partial charge in [0.2, 0.25) is 0 Å². The highest BCUT2D eigenvalue weighted by molar-refractivity contribution is 5.99. The zero-order chi connectivity index (χ0) is 25.8. The standard InChI is InChI=1S/C27H33N7O3/c1-33-15-20(14-30-33)19-11-24(25(28)29-13-19)26(35)31-22-9-10-34(16-22)27(36)32-21-7-8-23(12-21)37-17-18-5-3-2-4-6-18/h2-6,11,13-15,21-23H,7-10,12,16-17H2,1H3,(H2,28,29)(H,31,35)(H,32,36)/t21?,22-,23?/m1/s1. The average Bonchev–Trinajstić information content (AvgIpc) is 3.65. The van der Waals surface area contributed by atoms with Gasteiger partial charge in [0.05, 0.1) is 24.5 Å². The van der Waals surface area contributed by atoms with Gasteiger partial charge in [-0.2, -0.15) is 5.10 Å². The maximum Gasteiger partial charge on any atom is 0.317 e. The summed E-state index contributed by atoms with van der Waals surface area (Å²) in [6, 6.07) is 11.7. The molecule has 3 amide bonds. The number of amides is 3. The summed E-state index contributed by atoms with van der Waals surface area (Å²) in [6.07, 6.45) is 8.68. The molecule has 2 unspecified atom stereocenters. The molecule has 1 aliphatic heterocycles. The monoisotopic (exact) mass is 503 g/mol. The van der Waals surface area contributed by atoms with Crippen molar-refractivity contribution in [2.45, 2.75) is 50.5 Å². The van der Waals surface area contributed by atoms with E-state index in [-0.39, 0.29) is 35.9 Å². The molecule has 1 aliphatic carbocycles. The number of hydrogen-bond acceptors (Lipinski definition) is 6. The molecule has 2 aliphatic rings. The fourth-order valence-electron chi connectivity index (χ4n) is 4.99. The molecule has 3 heterocycles. The summed E-state index contributed by atoms with van der Waals surface area (Å²) >= 11 is 0. The van der Waals surface area contributed by atoms with Crippen molar-refractivity contribution in [1.82, 2.24) is 30.3 Å². The number of nitrogens with zero attached hydrogens (tertiary/aromatic N) is 4. The van der Waals surface area contributed by atoms with Crippen LogP contribution in [-0.2, 0) is 18.4 Å². The number of nitrogens with two attached hydrogens (primary N) is 1. The van der Waals surface area contributed by atoms with Gasteiger partial charge >= 0.3 is 6.03 Å². The predicted octanol–water partition coefficient (Wildman–Crippen LogP) is 2.72. The Balaban J connectivity index is 1.09. The molecule has 3 aromatic rings. The number of nitrogens with one attached hydrogen (secondary N) is 2. The number of benzene rings is 1. The van der Waals surface area contributed by atoms with Crippen LogP contribution in [-0.4, -0.2) is 62.9 Å². The topological polar surface area (TPSA) is 127 Å². The maximum absolute atomic E-state index is 13.0. The van der Waals surface area contributed by atoms with Gasteiger partial charge in [0.25, 0.3) is 5.91 Å². The van der Waals surface area contributed by atoms with Crippen LogP contribution in [0.15, 0.2) is 55.0 Å². The van der Waals surface area contributed by atoms with Crippen molar-refractivity contribution >= 4 is 17.8 Å². The van der Waals surface area contributed by atoms with E-state index in [1.54, 1.807) is 28.0 Å². The number of anilines is 1. The molecular weight excluding hydrogens is 470 g/mol. The Kier molecular flexibility index (Phi) is 7.36. The lowest BCUT2D eigenvalue weighted by Crippen LogP contribution is -2.45. The lowest BCUT2D eigenvalue weighted by Gasteiger charge is -2.21. The molecule has 0 radical (unpaired) electrons. The highest BCUT2D eigenvalue weighted by atomic mass is 16.5. The van der Waals surface area contributed by atoms with Gasteiger partial charge in [-0.05, 0) is 37.3 Å². The predicted molar refractivity (Wildman–Crippen MR) is 139 cm³/mol. The van der Waals surface area contributed by atoms with E-state index in [0.717, 1.165) is 36.0 Å². The molecule has 0 spiro atoms. The van der Waals surface area contributed by atoms with E-state index in [1.165, 1.54) is 0 Å². The number of urea groups is 1. The van der Waals surface area contributed by atoms with Crippen LogP contribution < -0.4 is 16.4 Å². The minimum atomic E-state index is -0.294. The summed E-state index contributed by atoms with van der Waals surface area (Å²) in [7, 11) is 1.83. The largest absolute Gasteiger partial charge is 0.383 e. The molecular formula is C27H33N7O3. The Hall–Kier alpha value is -3.92. The Morgan fingerprint density at radius 3 is 2.70 bits per heavy atom. The van der Waals surface area contributed by atoms with E-state index >= 15 is 0 Å². The van der Waals surface area contributed by atoms with Crippen LogP contribution in [0.2, 0.25) is 0 Å².